The fourth-order valence-electron chi connectivity index (χ4n) is 4.28. The van der Waals surface area contributed by atoms with E-state index >= 15 is 0 Å². The Kier molecular flexibility index (Phi) is 5.74. The summed E-state index contributed by atoms with van der Waals surface area (Å²) in [6.45, 7) is 7.39. The van der Waals surface area contributed by atoms with Crippen molar-refractivity contribution in [3.63, 3.8) is 0 Å². The van der Waals surface area contributed by atoms with Gasteiger partial charge in [0.1, 0.15) is 0 Å². The van der Waals surface area contributed by atoms with Gasteiger partial charge in [-0.15, -0.1) is 5.10 Å². The van der Waals surface area contributed by atoms with Crippen molar-refractivity contribution in [1.82, 2.24) is 19.9 Å². The van der Waals surface area contributed by atoms with Crippen LogP contribution >= 0.6 is 0 Å². The molecule has 1 aromatic heterocycles. The number of anilines is 1. The van der Waals surface area contributed by atoms with E-state index in [1.165, 1.54) is 37.2 Å². The smallest absolute Gasteiger partial charge is 0.0852 e. The minimum absolute atomic E-state index is 0.367. The number of nitrogens with zero attached hydrogens (tertiary/aromatic N) is 5. The van der Waals surface area contributed by atoms with Crippen LogP contribution in [0.1, 0.15) is 49.9 Å². The van der Waals surface area contributed by atoms with Crippen molar-refractivity contribution in [2.45, 2.75) is 57.7 Å². The molecule has 0 radical (unpaired) electrons. The molecule has 3 heterocycles. The number of aliphatic hydroxyl groups is 1. The molecule has 0 amide bonds. The van der Waals surface area contributed by atoms with Crippen molar-refractivity contribution >= 4 is 5.69 Å². The van der Waals surface area contributed by atoms with Crippen LogP contribution in [-0.4, -0.2) is 57.3 Å². The average Bonchev–Trinajstić information content (AvgIpc) is 3.35. The maximum atomic E-state index is 9.49. The van der Waals surface area contributed by atoms with E-state index in [9.17, 15) is 5.11 Å². The van der Waals surface area contributed by atoms with Gasteiger partial charge in [-0.2, -0.15) is 0 Å². The van der Waals surface area contributed by atoms with Gasteiger partial charge in [0.05, 0.1) is 17.8 Å². The first kappa shape index (κ1) is 18.4. The van der Waals surface area contributed by atoms with E-state index < -0.39 is 0 Å². The molecular weight excluding hydrogens is 338 g/mol. The highest BCUT2D eigenvalue weighted by molar-refractivity contribution is 5.48. The lowest BCUT2D eigenvalue weighted by molar-refractivity contribution is 0.172. The Bertz CT molecular complexity index is 712. The summed E-state index contributed by atoms with van der Waals surface area (Å²) in [6.07, 6.45) is 7.06. The van der Waals surface area contributed by atoms with Crippen molar-refractivity contribution in [2.75, 3.05) is 31.1 Å². The van der Waals surface area contributed by atoms with E-state index in [1.807, 2.05) is 10.9 Å². The molecule has 1 N–H and O–H groups in total. The van der Waals surface area contributed by atoms with Crippen molar-refractivity contribution in [3.8, 4) is 0 Å². The molecule has 4 rings (SSSR count). The molecule has 1 aromatic carbocycles. The van der Waals surface area contributed by atoms with E-state index in [4.69, 9.17) is 0 Å². The zero-order chi connectivity index (χ0) is 18.6. The molecule has 0 bridgehead atoms. The predicted molar refractivity (Wildman–Crippen MR) is 107 cm³/mol. The zero-order valence-electron chi connectivity index (χ0n) is 16.3. The summed E-state index contributed by atoms with van der Waals surface area (Å²) in [5.74, 6) is 0. The van der Waals surface area contributed by atoms with Crippen molar-refractivity contribution in [1.29, 1.82) is 0 Å². The topological polar surface area (TPSA) is 57.4 Å². The lowest BCUT2D eigenvalue weighted by Gasteiger charge is -2.31. The van der Waals surface area contributed by atoms with E-state index in [2.05, 4.69) is 44.4 Å². The standard InChI is InChI=1S/C21H31N5O/c1-17(27)14-19-16-26(23-22-19)21-8-12-24(13-9-21)15-18-4-6-20(7-5-18)25-10-2-3-11-25/h4-7,16-17,21,27H,2-3,8-15H2,1H3. The van der Waals surface area contributed by atoms with Crippen LogP contribution in [0.4, 0.5) is 5.69 Å². The molecule has 1 atom stereocenters. The lowest BCUT2D eigenvalue weighted by atomic mass is 10.0. The largest absolute Gasteiger partial charge is 0.393 e. The van der Waals surface area contributed by atoms with E-state index in [0.717, 1.165) is 38.2 Å². The Balaban J connectivity index is 1.27. The summed E-state index contributed by atoms with van der Waals surface area (Å²) in [6, 6.07) is 9.58. The first-order valence-electron chi connectivity index (χ1n) is 10.3. The Hall–Kier alpha value is -1.92. The molecule has 2 aliphatic heterocycles. The fraction of sp³-hybridized carbons (Fsp3) is 0.619. The van der Waals surface area contributed by atoms with Crippen molar-refractivity contribution < 1.29 is 5.11 Å². The van der Waals surface area contributed by atoms with Crippen LogP contribution in [0.2, 0.25) is 0 Å². The minimum atomic E-state index is -0.367. The SMILES string of the molecule is CC(O)Cc1cn(C2CCN(Cc3ccc(N4CCCC4)cc3)CC2)nn1. The van der Waals surface area contributed by atoms with Crippen LogP contribution in [-0.2, 0) is 13.0 Å². The molecule has 1 unspecified atom stereocenters. The normalized spacial score (nSPS) is 20.3. The Morgan fingerprint density at radius 3 is 2.44 bits per heavy atom. The summed E-state index contributed by atoms with van der Waals surface area (Å²) in [4.78, 5) is 5.02. The molecular formula is C21H31N5O. The number of likely N-dealkylation sites (tertiary alicyclic amines) is 1. The summed E-state index contributed by atoms with van der Waals surface area (Å²) >= 11 is 0. The number of rotatable bonds is 6. The van der Waals surface area contributed by atoms with Gasteiger partial charge in [-0.3, -0.25) is 4.90 Å². The van der Waals surface area contributed by atoms with E-state index in [-0.39, 0.29) is 6.10 Å². The number of aromatic nitrogens is 3. The van der Waals surface area contributed by atoms with Crippen LogP contribution in [0.5, 0.6) is 0 Å². The molecule has 2 aliphatic rings. The van der Waals surface area contributed by atoms with Crippen LogP contribution in [0.15, 0.2) is 30.5 Å². The third kappa shape index (κ3) is 4.68. The number of hydrogen-bond donors (Lipinski definition) is 1. The Labute approximate surface area is 161 Å². The van der Waals surface area contributed by atoms with Crippen LogP contribution in [0, 0.1) is 0 Å². The summed E-state index contributed by atoms with van der Waals surface area (Å²) in [7, 11) is 0. The molecule has 0 aliphatic carbocycles. The third-order valence-electron chi connectivity index (χ3n) is 5.81. The van der Waals surface area contributed by atoms with Gasteiger partial charge >= 0.3 is 0 Å². The van der Waals surface area contributed by atoms with Gasteiger partial charge < -0.3 is 10.0 Å². The Morgan fingerprint density at radius 1 is 1.07 bits per heavy atom. The predicted octanol–water partition coefficient (Wildman–Crippen LogP) is 2.64. The highest BCUT2D eigenvalue weighted by atomic mass is 16.3. The zero-order valence-corrected chi connectivity index (χ0v) is 16.3. The average molecular weight is 370 g/mol. The van der Waals surface area contributed by atoms with Crippen LogP contribution < -0.4 is 4.90 Å². The van der Waals surface area contributed by atoms with Gasteiger partial charge in [0.25, 0.3) is 0 Å². The minimum Gasteiger partial charge on any atom is -0.393 e. The third-order valence-corrected chi connectivity index (χ3v) is 5.81. The maximum absolute atomic E-state index is 9.49. The summed E-state index contributed by atoms with van der Waals surface area (Å²) in [5, 5.41) is 18.0. The van der Waals surface area contributed by atoms with Crippen LogP contribution in [0.25, 0.3) is 0 Å². The molecule has 146 valence electrons. The first-order chi connectivity index (χ1) is 13.2. The Morgan fingerprint density at radius 2 is 1.78 bits per heavy atom. The highest BCUT2D eigenvalue weighted by Crippen LogP contribution is 2.24. The second-order valence-corrected chi connectivity index (χ2v) is 8.11. The van der Waals surface area contributed by atoms with Crippen molar-refractivity contribution in [3.05, 3.63) is 41.7 Å². The van der Waals surface area contributed by atoms with Crippen molar-refractivity contribution in [2.24, 2.45) is 0 Å². The number of benzene rings is 1. The molecule has 27 heavy (non-hydrogen) atoms. The maximum Gasteiger partial charge on any atom is 0.0852 e. The van der Waals surface area contributed by atoms with Gasteiger partial charge in [0, 0.05) is 51.0 Å². The molecule has 2 saturated heterocycles. The second kappa shape index (κ2) is 8.40. The quantitative estimate of drug-likeness (QED) is 0.848. The molecule has 6 heteroatoms. The fourth-order valence-corrected chi connectivity index (χ4v) is 4.28. The first-order valence-corrected chi connectivity index (χ1v) is 10.3. The van der Waals surface area contributed by atoms with E-state index in [1.54, 1.807) is 6.92 Å². The van der Waals surface area contributed by atoms with Gasteiger partial charge in [0.15, 0.2) is 0 Å². The molecule has 2 fully saturated rings. The molecule has 6 nitrogen and oxygen atoms in total. The number of aliphatic hydroxyl groups excluding tert-OH is 1. The molecule has 0 saturated carbocycles. The van der Waals surface area contributed by atoms with E-state index in [0.29, 0.717) is 12.5 Å². The van der Waals surface area contributed by atoms with Gasteiger partial charge in [-0.05, 0) is 50.3 Å². The lowest BCUT2D eigenvalue weighted by Crippen LogP contribution is -2.34. The monoisotopic (exact) mass is 369 g/mol. The van der Waals surface area contributed by atoms with Gasteiger partial charge in [-0.25, -0.2) is 4.68 Å². The molecule has 0 spiro atoms. The summed E-state index contributed by atoms with van der Waals surface area (Å²) < 4.78 is 2.00. The number of hydrogen-bond acceptors (Lipinski definition) is 5. The van der Waals surface area contributed by atoms with Gasteiger partial charge in [-0.1, -0.05) is 17.3 Å². The molecule has 2 aromatic rings. The number of piperidine rings is 1. The second-order valence-electron chi connectivity index (χ2n) is 8.11. The van der Waals surface area contributed by atoms with Crippen LogP contribution in [0.3, 0.4) is 0 Å². The highest BCUT2D eigenvalue weighted by Gasteiger charge is 2.22. The van der Waals surface area contributed by atoms with Gasteiger partial charge in [0.2, 0.25) is 0 Å². The summed E-state index contributed by atoms with van der Waals surface area (Å²) in [5.41, 5.74) is 3.65.